The molecule has 0 amide bonds. The first kappa shape index (κ1) is 14.3. The summed E-state index contributed by atoms with van der Waals surface area (Å²) in [7, 11) is 0. The number of nitrogens with zero attached hydrogens (tertiary/aromatic N) is 2. The third-order valence-electron chi connectivity index (χ3n) is 4.26. The molecule has 2 heterocycles. The average molecular weight is 261 g/mol. The molecule has 2 rings (SSSR count). The van der Waals surface area contributed by atoms with Gasteiger partial charge in [-0.3, -0.25) is 0 Å². The molecule has 0 aromatic carbocycles. The van der Waals surface area contributed by atoms with Gasteiger partial charge in [0, 0.05) is 25.3 Å². The van der Waals surface area contributed by atoms with Crippen molar-refractivity contribution in [1.82, 2.24) is 4.98 Å². The van der Waals surface area contributed by atoms with Gasteiger partial charge in [-0.2, -0.15) is 0 Å². The van der Waals surface area contributed by atoms with Gasteiger partial charge in [0.25, 0.3) is 0 Å². The molecule has 0 radical (unpaired) electrons. The Bertz CT molecular complexity index is 405. The summed E-state index contributed by atoms with van der Waals surface area (Å²) in [6.45, 7) is 11.0. The van der Waals surface area contributed by atoms with E-state index in [1.807, 2.05) is 6.20 Å². The predicted molar refractivity (Wildman–Crippen MR) is 81.5 cm³/mol. The SMILES string of the molecule is CCC1CN(c2ccc(C(C)(C)C)cn2)CCC1N. The van der Waals surface area contributed by atoms with E-state index in [1.54, 1.807) is 0 Å². The van der Waals surface area contributed by atoms with E-state index >= 15 is 0 Å². The fourth-order valence-corrected chi connectivity index (χ4v) is 2.71. The van der Waals surface area contributed by atoms with Crippen molar-refractivity contribution >= 4 is 5.82 Å². The molecular weight excluding hydrogens is 234 g/mol. The van der Waals surface area contributed by atoms with Crippen molar-refractivity contribution in [2.45, 2.75) is 52.0 Å². The molecule has 1 saturated heterocycles. The fraction of sp³-hybridized carbons (Fsp3) is 0.688. The van der Waals surface area contributed by atoms with Crippen LogP contribution in [0.5, 0.6) is 0 Å². The number of anilines is 1. The molecule has 2 unspecified atom stereocenters. The van der Waals surface area contributed by atoms with Crippen LogP contribution in [0.15, 0.2) is 18.3 Å². The third kappa shape index (κ3) is 3.27. The van der Waals surface area contributed by atoms with Crippen LogP contribution in [0.2, 0.25) is 0 Å². The molecule has 1 fully saturated rings. The molecule has 19 heavy (non-hydrogen) atoms. The van der Waals surface area contributed by atoms with Crippen LogP contribution in [0.25, 0.3) is 0 Å². The lowest BCUT2D eigenvalue weighted by molar-refractivity contribution is 0.347. The quantitative estimate of drug-likeness (QED) is 0.890. The molecule has 3 heteroatoms. The zero-order valence-electron chi connectivity index (χ0n) is 12.7. The number of piperidine rings is 1. The molecule has 106 valence electrons. The Morgan fingerprint density at radius 2 is 2.11 bits per heavy atom. The van der Waals surface area contributed by atoms with Crippen molar-refractivity contribution in [3.63, 3.8) is 0 Å². The molecule has 0 bridgehead atoms. The minimum atomic E-state index is 0.168. The molecular formula is C16H27N3. The summed E-state index contributed by atoms with van der Waals surface area (Å²) >= 11 is 0. The molecule has 2 atom stereocenters. The van der Waals surface area contributed by atoms with Crippen molar-refractivity contribution in [1.29, 1.82) is 0 Å². The van der Waals surface area contributed by atoms with Crippen LogP contribution >= 0.6 is 0 Å². The number of hydrogen-bond acceptors (Lipinski definition) is 3. The number of rotatable bonds is 2. The standard InChI is InChI=1S/C16H27N3/c1-5-12-11-19(9-8-14(12)17)15-7-6-13(10-18-15)16(2,3)4/h6-7,10,12,14H,5,8-9,11,17H2,1-4H3. The molecule has 1 aliphatic rings. The number of aromatic nitrogens is 1. The van der Waals surface area contributed by atoms with Gasteiger partial charge < -0.3 is 10.6 Å². The van der Waals surface area contributed by atoms with Gasteiger partial charge in [0.2, 0.25) is 0 Å². The molecule has 0 aliphatic carbocycles. The summed E-state index contributed by atoms with van der Waals surface area (Å²) in [4.78, 5) is 7.03. The highest BCUT2D eigenvalue weighted by molar-refractivity contribution is 5.41. The van der Waals surface area contributed by atoms with Gasteiger partial charge in [-0.25, -0.2) is 4.98 Å². The van der Waals surface area contributed by atoms with E-state index in [9.17, 15) is 0 Å². The number of hydrogen-bond donors (Lipinski definition) is 1. The van der Waals surface area contributed by atoms with Gasteiger partial charge in [-0.1, -0.05) is 40.2 Å². The van der Waals surface area contributed by atoms with Crippen molar-refractivity contribution in [2.24, 2.45) is 11.7 Å². The Morgan fingerprint density at radius 1 is 1.37 bits per heavy atom. The van der Waals surface area contributed by atoms with E-state index in [4.69, 9.17) is 5.73 Å². The first-order valence-electron chi connectivity index (χ1n) is 7.39. The van der Waals surface area contributed by atoms with Crippen LogP contribution in [0.3, 0.4) is 0 Å². The molecule has 1 aliphatic heterocycles. The Balaban J connectivity index is 2.10. The zero-order chi connectivity index (χ0) is 14.0. The summed E-state index contributed by atoms with van der Waals surface area (Å²) in [6.07, 6.45) is 4.24. The summed E-state index contributed by atoms with van der Waals surface area (Å²) in [5.41, 5.74) is 7.62. The van der Waals surface area contributed by atoms with Gasteiger partial charge in [0.05, 0.1) is 0 Å². The third-order valence-corrected chi connectivity index (χ3v) is 4.26. The monoisotopic (exact) mass is 261 g/mol. The Labute approximate surface area is 117 Å². The maximum Gasteiger partial charge on any atom is 0.128 e. The van der Waals surface area contributed by atoms with Gasteiger partial charge >= 0.3 is 0 Å². The Hall–Kier alpha value is -1.09. The van der Waals surface area contributed by atoms with E-state index in [-0.39, 0.29) is 5.41 Å². The predicted octanol–water partition coefficient (Wildman–Crippen LogP) is 2.94. The van der Waals surface area contributed by atoms with Crippen LogP contribution in [0, 0.1) is 5.92 Å². The first-order valence-corrected chi connectivity index (χ1v) is 7.39. The van der Waals surface area contributed by atoms with Crippen molar-refractivity contribution < 1.29 is 0 Å². The highest BCUT2D eigenvalue weighted by Crippen LogP contribution is 2.26. The largest absolute Gasteiger partial charge is 0.356 e. The lowest BCUT2D eigenvalue weighted by Crippen LogP contribution is -2.47. The van der Waals surface area contributed by atoms with E-state index < -0.39 is 0 Å². The Morgan fingerprint density at radius 3 is 2.63 bits per heavy atom. The second-order valence-corrected chi connectivity index (χ2v) is 6.72. The lowest BCUT2D eigenvalue weighted by Gasteiger charge is -2.37. The lowest BCUT2D eigenvalue weighted by atomic mass is 9.88. The summed E-state index contributed by atoms with van der Waals surface area (Å²) in [6, 6.07) is 4.72. The number of pyridine rings is 1. The van der Waals surface area contributed by atoms with E-state index in [0.29, 0.717) is 12.0 Å². The highest BCUT2D eigenvalue weighted by Gasteiger charge is 2.26. The van der Waals surface area contributed by atoms with Gasteiger partial charge in [-0.05, 0) is 29.4 Å². The second kappa shape index (κ2) is 5.49. The smallest absolute Gasteiger partial charge is 0.128 e. The van der Waals surface area contributed by atoms with E-state index in [0.717, 1.165) is 31.7 Å². The summed E-state index contributed by atoms with van der Waals surface area (Å²) in [5, 5.41) is 0. The molecule has 0 saturated carbocycles. The highest BCUT2D eigenvalue weighted by atomic mass is 15.2. The Kier molecular flexibility index (Phi) is 4.14. The maximum atomic E-state index is 6.16. The fourth-order valence-electron chi connectivity index (χ4n) is 2.71. The first-order chi connectivity index (χ1) is 8.91. The molecule has 2 N–H and O–H groups in total. The second-order valence-electron chi connectivity index (χ2n) is 6.72. The van der Waals surface area contributed by atoms with Gasteiger partial charge in [0.1, 0.15) is 5.82 Å². The van der Waals surface area contributed by atoms with Crippen molar-refractivity contribution in [2.75, 3.05) is 18.0 Å². The topological polar surface area (TPSA) is 42.2 Å². The molecule has 3 nitrogen and oxygen atoms in total. The minimum Gasteiger partial charge on any atom is -0.356 e. The minimum absolute atomic E-state index is 0.168. The van der Waals surface area contributed by atoms with Crippen LogP contribution in [-0.4, -0.2) is 24.1 Å². The zero-order valence-corrected chi connectivity index (χ0v) is 12.7. The molecule has 0 spiro atoms. The van der Waals surface area contributed by atoms with Crippen molar-refractivity contribution in [3.8, 4) is 0 Å². The van der Waals surface area contributed by atoms with Crippen molar-refractivity contribution in [3.05, 3.63) is 23.9 Å². The summed E-state index contributed by atoms with van der Waals surface area (Å²) in [5.74, 6) is 1.69. The normalized spacial score (nSPS) is 24.6. The van der Waals surface area contributed by atoms with Crippen LogP contribution in [0.4, 0.5) is 5.82 Å². The summed E-state index contributed by atoms with van der Waals surface area (Å²) < 4.78 is 0. The van der Waals surface area contributed by atoms with Gasteiger partial charge in [-0.15, -0.1) is 0 Å². The van der Waals surface area contributed by atoms with E-state index in [2.05, 4.69) is 49.7 Å². The van der Waals surface area contributed by atoms with Crippen LogP contribution in [0.1, 0.15) is 46.1 Å². The molecule has 1 aromatic heterocycles. The van der Waals surface area contributed by atoms with E-state index in [1.165, 1.54) is 5.56 Å². The van der Waals surface area contributed by atoms with Crippen LogP contribution < -0.4 is 10.6 Å². The van der Waals surface area contributed by atoms with Crippen LogP contribution in [-0.2, 0) is 5.41 Å². The molecule has 1 aromatic rings. The number of nitrogens with two attached hydrogens (primary N) is 1. The average Bonchev–Trinajstić information content (AvgIpc) is 2.38. The maximum absolute atomic E-state index is 6.16. The van der Waals surface area contributed by atoms with Gasteiger partial charge in [0.15, 0.2) is 0 Å².